The van der Waals surface area contributed by atoms with Gasteiger partial charge >= 0.3 is 0 Å². The first kappa shape index (κ1) is 33.6. The Morgan fingerprint density at radius 2 is 0.931 bits per heavy atom. The van der Waals surface area contributed by atoms with Crippen LogP contribution < -0.4 is 4.90 Å². The molecule has 2 aromatic heterocycles. The second-order valence-corrected chi connectivity index (χ2v) is 14.7. The average Bonchev–Trinajstić information content (AvgIpc) is 3.83. The molecule has 4 heteroatoms. The molecule has 0 aliphatic heterocycles. The maximum absolute atomic E-state index is 14.4. The summed E-state index contributed by atoms with van der Waals surface area (Å²) in [5, 5.41) is 4.19. The van der Waals surface area contributed by atoms with Gasteiger partial charge in [0, 0.05) is 44.3 Å². The first-order chi connectivity index (χ1) is 28.7. The van der Waals surface area contributed by atoms with Crippen LogP contribution in [0.4, 0.5) is 21.5 Å². The molecule has 58 heavy (non-hydrogen) atoms. The van der Waals surface area contributed by atoms with Gasteiger partial charge in [0.1, 0.15) is 17.0 Å². The highest BCUT2D eigenvalue weighted by atomic mass is 19.1. The number of halogens is 1. The average molecular weight is 747 g/mol. The molecular weight excluding hydrogens is 712 g/mol. The number of anilines is 3. The van der Waals surface area contributed by atoms with E-state index in [1.165, 1.54) is 17.2 Å². The maximum Gasteiger partial charge on any atom is 0.136 e. The van der Waals surface area contributed by atoms with Crippen LogP contribution in [-0.4, -0.2) is 4.57 Å². The van der Waals surface area contributed by atoms with Crippen molar-refractivity contribution >= 4 is 60.8 Å². The van der Waals surface area contributed by atoms with Crippen molar-refractivity contribution in [1.82, 2.24) is 4.57 Å². The first-order valence-corrected chi connectivity index (χ1v) is 19.5. The van der Waals surface area contributed by atoms with Crippen molar-refractivity contribution in [2.45, 2.75) is 0 Å². The molecule has 0 radical (unpaired) electrons. The Bertz CT molecular complexity index is 3270. The quantitative estimate of drug-likeness (QED) is 0.162. The Balaban J connectivity index is 0.978. The molecule has 11 rings (SSSR count). The predicted molar refractivity (Wildman–Crippen MR) is 239 cm³/mol. The van der Waals surface area contributed by atoms with Gasteiger partial charge in [0.25, 0.3) is 0 Å². The molecule has 2 heterocycles. The zero-order chi connectivity index (χ0) is 38.6. The minimum absolute atomic E-state index is 0.234. The molecular formula is C54H35FN2O. The number of nitrogens with zero attached hydrogens (tertiary/aromatic N) is 2. The van der Waals surface area contributed by atoms with E-state index in [-0.39, 0.29) is 5.82 Å². The molecule has 0 fully saturated rings. The number of hydrogen-bond donors (Lipinski definition) is 0. The summed E-state index contributed by atoms with van der Waals surface area (Å²) in [6.45, 7) is 0. The largest absolute Gasteiger partial charge is 0.456 e. The van der Waals surface area contributed by atoms with Crippen LogP contribution in [0.1, 0.15) is 0 Å². The zero-order valence-corrected chi connectivity index (χ0v) is 31.4. The van der Waals surface area contributed by atoms with E-state index in [9.17, 15) is 4.39 Å². The second-order valence-electron chi connectivity index (χ2n) is 14.7. The van der Waals surface area contributed by atoms with Crippen LogP contribution in [0.3, 0.4) is 0 Å². The number of rotatable bonds is 7. The van der Waals surface area contributed by atoms with E-state index in [4.69, 9.17) is 4.42 Å². The molecule has 0 spiro atoms. The second kappa shape index (κ2) is 13.8. The Morgan fingerprint density at radius 3 is 1.67 bits per heavy atom. The normalized spacial score (nSPS) is 11.5. The van der Waals surface area contributed by atoms with E-state index in [1.807, 2.05) is 42.5 Å². The fourth-order valence-corrected chi connectivity index (χ4v) is 8.54. The van der Waals surface area contributed by atoms with Crippen LogP contribution in [0, 0.1) is 5.82 Å². The molecule has 9 aromatic carbocycles. The van der Waals surface area contributed by atoms with Gasteiger partial charge < -0.3 is 13.9 Å². The van der Waals surface area contributed by atoms with Crippen LogP contribution in [0.2, 0.25) is 0 Å². The van der Waals surface area contributed by atoms with Gasteiger partial charge in [0.05, 0.1) is 11.0 Å². The van der Waals surface area contributed by atoms with Crippen LogP contribution >= 0.6 is 0 Å². The summed E-state index contributed by atoms with van der Waals surface area (Å²) in [5.74, 6) is -0.234. The van der Waals surface area contributed by atoms with E-state index in [1.54, 1.807) is 6.07 Å². The highest BCUT2D eigenvalue weighted by molar-refractivity contribution is 6.12. The molecule has 11 aromatic rings. The van der Waals surface area contributed by atoms with Crippen LogP contribution in [0.15, 0.2) is 217 Å². The molecule has 3 nitrogen and oxygen atoms in total. The SMILES string of the molecule is Fc1ccc2c(c1)c1ccccc1n2-c1cccc(-c2ccc(N(c3ccc(-c4ccccc4)cc3)c3ccc(-c4cccc5oc6ccccc6c45)cc3)cc2)c1. The summed E-state index contributed by atoms with van der Waals surface area (Å²) in [4.78, 5) is 2.31. The van der Waals surface area contributed by atoms with Gasteiger partial charge in [0.2, 0.25) is 0 Å². The summed E-state index contributed by atoms with van der Waals surface area (Å²) in [5.41, 5.74) is 14.8. The minimum Gasteiger partial charge on any atom is -0.456 e. The number of aromatic nitrogens is 1. The molecule has 0 aliphatic rings. The molecule has 0 saturated heterocycles. The molecule has 0 bridgehead atoms. The van der Waals surface area contributed by atoms with Gasteiger partial charge in [-0.25, -0.2) is 4.39 Å². The lowest BCUT2D eigenvalue weighted by Crippen LogP contribution is -2.09. The van der Waals surface area contributed by atoms with Crippen molar-refractivity contribution in [1.29, 1.82) is 0 Å². The van der Waals surface area contributed by atoms with Crippen molar-refractivity contribution in [3.8, 4) is 39.1 Å². The summed E-state index contributed by atoms with van der Waals surface area (Å²) in [6, 6.07) is 73.2. The van der Waals surface area contributed by atoms with Gasteiger partial charge in [-0.05, 0) is 118 Å². The van der Waals surface area contributed by atoms with E-state index in [2.05, 4.69) is 167 Å². The smallest absolute Gasteiger partial charge is 0.136 e. The van der Waals surface area contributed by atoms with Gasteiger partial charge in [-0.15, -0.1) is 0 Å². The third-order valence-electron chi connectivity index (χ3n) is 11.3. The molecule has 0 N–H and O–H groups in total. The predicted octanol–water partition coefficient (Wildman–Crippen LogP) is 15.3. The van der Waals surface area contributed by atoms with Crippen LogP contribution in [0.25, 0.3) is 82.8 Å². The standard InChI is InChI=1S/C54H35FN2O/c55-41-26-33-51-49(35-41)47-14-4-6-17-50(47)57(51)45-13-8-12-40(34-45)38-22-29-43(30-23-38)56(42-27-20-37(21-28-42)36-10-2-1-3-11-36)44-31-24-39(25-32-44)46-16-9-19-53-54(46)48-15-5-7-18-52(48)58-53/h1-35H. The summed E-state index contributed by atoms with van der Waals surface area (Å²) < 4.78 is 22.9. The Hall–Kier alpha value is -7.69. The fourth-order valence-electron chi connectivity index (χ4n) is 8.54. The van der Waals surface area contributed by atoms with Crippen molar-refractivity contribution in [3.05, 3.63) is 218 Å². The van der Waals surface area contributed by atoms with E-state index < -0.39 is 0 Å². The third kappa shape index (κ3) is 5.74. The van der Waals surface area contributed by atoms with Crippen molar-refractivity contribution in [2.24, 2.45) is 0 Å². The number of para-hydroxylation sites is 2. The number of furan rings is 1. The third-order valence-corrected chi connectivity index (χ3v) is 11.3. The lowest BCUT2D eigenvalue weighted by molar-refractivity contribution is 0.629. The van der Waals surface area contributed by atoms with Gasteiger partial charge in [-0.2, -0.15) is 0 Å². The summed E-state index contributed by atoms with van der Waals surface area (Å²) in [6.07, 6.45) is 0. The summed E-state index contributed by atoms with van der Waals surface area (Å²) >= 11 is 0. The number of fused-ring (bicyclic) bond motifs is 6. The van der Waals surface area contributed by atoms with Gasteiger partial charge in [-0.3, -0.25) is 0 Å². The highest BCUT2D eigenvalue weighted by Gasteiger charge is 2.17. The highest BCUT2D eigenvalue weighted by Crippen LogP contribution is 2.41. The van der Waals surface area contributed by atoms with Crippen molar-refractivity contribution in [3.63, 3.8) is 0 Å². The molecule has 0 saturated carbocycles. The maximum atomic E-state index is 14.4. The molecule has 0 atom stereocenters. The van der Waals surface area contributed by atoms with Crippen LogP contribution in [0.5, 0.6) is 0 Å². The number of benzene rings is 9. The van der Waals surface area contributed by atoms with Gasteiger partial charge in [0.15, 0.2) is 0 Å². The topological polar surface area (TPSA) is 21.3 Å². The Morgan fingerprint density at radius 1 is 0.379 bits per heavy atom. The lowest BCUT2D eigenvalue weighted by atomic mass is 9.99. The van der Waals surface area contributed by atoms with E-state index >= 15 is 0 Å². The lowest BCUT2D eigenvalue weighted by Gasteiger charge is -2.26. The molecule has 274 valence electrons. The van der Waals surface area contributed by atoms with E-state index in [0.29, 0.717) is 0 Å². The number of hydrogen-bond acceptors (Lipinski definition) is 2. The Kier molecular flexibility index (Phi) is 8.00. The molecule has 0 unspecified atom stereocenters. The van der Waals surface area contributed by atoms with Crippen LogP contribution in [-0.2, 0) is 0 Å². The monoisotopic (exact) mass is 746 g/mol. The molecule has 0 amide bonds. The molecule has 0 aliphatic carbocycles. The zero-order valence-electron chi connectivity index (χ0n) is 31.4. The van der Waals surface area contributed by atoms with Gasteiger partial charge in [-0.1, -0.05) is 127 Å². The first-order valence-electron chi connectivity index (χ1n) is 19.5. The summed E-state index contributed by atoms with van der Waals surface area (Å²) in [7, 11) is 0. The van der Waals surface area contributed by atoms with Crippen molar-refractivity contribution < 1.29 is 8.81 Å². The van der Waals surface area contributed by atoms with Crippen molar-refractivity contribution in [2.75, 3.05) is 4.90 Å². The Labute approximate surface area is 335 Å². The minimum atomic E-state index is -0.234. The fraction of sp³-hybridized carbons (Fsp3) is 0. The van der Waals surface area contributed by atoms with E-state index in [0.717, 1.165) is 88.7 Å².